The first kappa shape index (κ1) is 12.0. The molecule has 0 radical (unpaired) electrons. The van der Waals surface area contributed by atoms with Gasteiger partial charge in [0.15, 0.2) is 11.1 Å². The van der Waals surface area contributed by atoms with E-state index in [-0.39, 0.29) is 6.42 Å². The highest BCUT2D eigenvalue weighted by molar-refractivity contribution is 7.80. The van der Waals surface area contributed by atoms with Crippen molar-refractivity contribution in [1.82, 2.24) is 0 Å². The van der Waals surface area contributed by atoms with Crippen molar-refractivity contribution >= 4 is 23.0 Å². The smallest absolute Gasteiger partial charge is 0.323 e. The molecule has 0 aliphatic carbocycles. The first-order valence-corrected chi connectivity index (χ1v) is 4.72. The summed E-state index contributed by atoms with van der Waals surface area (Å²) < 4.78 is 27.0. The lowest BCUT2D eigenvalue weighted by molar-refractivity contribution is -0.165. The van der Waals surface area contributed by atoms with Crippen LogP contribution >= 0.6 is 0 Å². The number of carbonyl (C=O) groups excluding carboxylic acids is 2. The van der Waals surface area contributed by atoms with Gasteiger partial charge in [-0.1, -0.05) is 6.92 Å². The molecule has 0 aliphatic rings. The Morgan fingerprint density at radius 1 is 1.31 bits per heavy atom. The summed E-state index contributed by atoms with van der Waals surface area (Å²) in [5.74, 6) is -2.01. The van der Waals surface area contributed by atoms with Crippen molar-refractivity contribution in [2.24, 2.45) is 0 Å². The zero-order chi connectivity index (χ0) is 10.3. The van der Waals surface area contributed by atoms with Gasteiger partial charge in [-0.25, -0.2) is 4.21 Å². The van der Waals surface area contributed by atoms with Crippen molar-refractivity contribution in [3.05, 3.63) is 0 Å². The van der Waals surface area contributed by atoms with Gasteiger partial charge < -0.3 is 14.0 Å². The van der Waals surface area contributed by atoms with E-state index in [4.69, 9.17) is 4.55 Å². The molecule has 0 aliphatic heterocycles. The molecule has 1 N–H and O–H groups in total. The van der Waals surface area contributed by atoms with Crippen LogP contribution in [-0.4, -0.2) is 33.2 Å². The highest BCUT2D eigenvalue weighted by Gasteiger charge is 2.07. The Morgan fingerprint density at radius 3 is 2.31 bits per heavy atom. The maximum Gasteiger partial charge on any atom is 0.323 e. The fourth-order valence-electron chi connectivity index (χ4n) is 0.405. The van der Waals surface area contributed by atoms with Gasteiger partial charge in [0.25, 0.3) is 0 Å². The van der Waals surface area contributed by atoms with E-state index in [1.807, 2.05) is 0 Å². The molecule has 0 bridgehead atoms. The second kappa shape index (κ2) is 6.55. The summed E-state index contributed by atoms with van der Waals surface area (Å²) >= 11 is -2.23. The minimum absolute atomic E-state index is 0.184. The summed E-state index contributed by atoms with van der Waals surface area (Å²) in [5.41, 5.74) is 0. The summed E-state index contributed by atoms with van der Waals surface area (Å²) in [6.45, 7) is 1.08. The topological polar surface area (TPSA) is 89.9 Å². The Hall–Kier alpha value is -0.950. The predicted octanol–water partition coefficient (Wildman–Crippen LogP) is -0.338. The maximum absolute atomic E-state index is 10.6. The van der Waals surface area contributed by atoms with E-state index in [0.717, 1.165) is 0 Å². The van der Waals surface area contributed by atoms with Gasteiger partial charge in [-0.2, -0.15) is 0 Å². The molecule has 1 atom stereocenters. The van der Waals surface area contributed by atoms with E-state index in [2.05, 4.69) is 9.47 Å². The Bertz CT molecular complexity index is 213. The molecular weight excluding hydrogens is 200 g/mol. The average Bonchev–Trinajstić information content (AvgIpc) is 2.02. The maximum atomic E-state index is 10.6. The summed E-state index contributed by atoms with van der Waals surface area (Å²) in [6, 6.07) is 0. The number of hydrogen-bond donors (Lipinski definition) is 1. The van der Waals surface area contributed by atoms with Crippen molar-refractivity contribution in [3.8, 4) is 0 Å². The molecule has 0 amide bonds. The van der Waals surface area contributed by atoms with Crippen LogP contribution < -0.4 is 0 Å². The monoisotopic (exact) mass is 210 g/mol. The Balaban J connectivity index is 3.48. The Kier molecular flexibility index (Phi) is 6.07. The molecule has 1 unspecified atom stereocenters. The van der Waals surface area contributed by atoms with E-state index in [1.165, 1.54) is 0 Å². The lowest BCUT2D eigenvalue weighted by Gasteiger charge is -2.03. The molecule has 0 aromatic heterocycles. The van der Waals surface area contributed by atoms with Crippen molar-refractivity contribution in [1.29, 1.82) is 0 Å². The molecule has 13 heavy (non-hydrogen) atoms. The van der Waals surface area contributed by atoms with Crippen molar-refractivity contribution in [3.63, 3.8) is 0 Å². The van der Waals surface area contributed by atoms with Gasteiger partial charge in [0.1, 0.15) is 5.75 Å². The average molecular weight is 210 g/mol. The SMILES string of the molecule is CCC(=O)OCOC(=O)CS(=O)O. The van der Waals surface area contributed by atoms with Crippen molar-refractivity contribution in [2.45, 2.75) is 13.3 Å². The highest BCUT2D eigenvalue weighted by Crippen LogP contribution is 1.87. The number of rotatable bonds is 5. The molecule has 0 fully saturated rings. The third-order valence-corrected chi connectivity index (χ3v) is 1.45. The van der Waals surface area contributed by atoms with Crippen LogP contribution in [0.2, 0.25) is 0 Å². The largest absolute Gasteiger partial charge is 0.428 e. The van der Waals surface area contributed by atoms with Gasteiger partial charge in [0.2, 0.25) is 6.79 Å². The van der Waals surface area contributed by atoms with Gasteiger partial charge in [-0.3, -0.25) is 9.59 Å². The van der Waals surface area contributed by atoms with Crippen LogP contribution in [-0.2, 0) is 30.1 Å². The van der Waals surface area contributed by atoms with Gasteiger partial charge in [0, 0.05) is 6.42 Å². The zero-order valence-corrected chi connectivity index (χ0v) is 7.83. The number of hydrogen-bond acceptors (Lipinski definition) is 5. The fraction of sp³-hybridized carbons (Fsp3) is 0.667. The second-order valence-corrected chi connectivity index (χ2v) is 2.90. The summed E-state index contributed by atoms with van der Waals surface area (Å²) in [7, 11) is 0. The standard InChI is InChI=1S/C6H10O6S/c1-2-5(7)11-4-12-6(8)3-13(9)10/h2-4H2,1H3,(H,9,10). The van der Waals surface area contributed by atoms with Gasteiger partial charge in [-0.15, -0.1) is 0 Å². The van der Waals surface area contributed by atoms with Crippen LogP contribution in [0.4, 0.5) is 0 Å². The van der Waals surface area contributed by atoms with Crippen LogP contribution in [0.1, 0.15) is 13.3 Å². The van der Waals surface area contributed by atoms with E-state index in [0.29, 0.717) is 0 Å². The molecule has 0 saturated heterocycles. The minimum atomic E-state index is -2.23. The number of esters is 2. The molecule has 0 heterocycles. The lowest BCUT2D eigenvalue weighted by Crippen LogP contribution is -2.17. The number of ether oxygens (including phenoxy) is 2. The first-order chi connectivity index (χ1) is 6.06. The van der Waals surface area contributed by atoms with E-state index in [1.54, 1.807) is 6.92 Å². The summed E-state index contributed by atoms with van der Waals surface area (Å²) in [5, 5.41) is 0. The quantitative estimate of drug-likeness (QED) is 0.379. The lowest BCUT2D eigenvalue weighted by atomic mass is 10.5. The van der Waals surface area contributed by atoms with Gasteiger partial charge in [-0.05, 0) is 0 Å². The van der Waals surface area contributed by atoms with E-state index in [9.17, 15) is 13.8 Å². The second-order valence-electron chi connectivity index (χ2n) is 1.97. The van der Waals surface area contributed by atoms with Gasteiger partial charge >= 0.3 is 11.9 Å². The Morgan fingerprint density at radius 2 is 1.85 bits per heavy atom. The number of carbonyl (C=O) groups is 2. The third kappa shape index (κ3) is 7.41. The van der Waals surface area contributed by atoms with Crippen LogP contribution in [0.5, 0.6) is 0 Å². The normalized spacial score (nSPS) is 11.8. The fourth-order valence-corrected chi connectivity index (χ4v) is 0.690. The van der Waals surface area contributed by atoms with Gasteiger partial charge in [0.05, 0.1) is 0 Å². The summed E-state index contributed by atoms with van der Waals surface area (Å²) in [6.07, 6.45) is 0.184. The molecular formula is C6H10O6S. The zero-order valence-electron chi connectivity index (χ0n) is 7.02. The molecule has 0 saturated carbocycles. The van der Waals surface area contributed by atoms with Crippen molar-refractivity contribution in [2.75, 3.05) is 12.5 Å². The first-order valence-electron chi connectivity index (χ1n) is 3.45. The van der Waals surface area contributed by atoms with Crippen LogP contribution in [0.15, 0.2) is 0 Å². The molecule has 7 heteroatoms. The van der Waals surface area contributed by atoms with Crippen molar-refractivity contribution < 1.29 is 27.8 Å². The van der Waals surface area contributed by atoms with Crippen LogP contribution in [0, 0.1) is 0 Å². The molecule has 0 spiro atoms. The van der Waals surface area contributed by atoms with E-state index >= 15 is 0 Å². The Labute approximate surface area is 77.5 Å². The molecule has 0 aromatic rings. The molecule has 76 valence electrons. The predicted molar refractivity (Wildman–Crippen MR) is 43.0 cm³/mol. The highest BCUT2D eigenvalue weighted by atomic mass is 32.2. The third-order valence-electron chi connectivity index (χ3n) is 0.970. The van der Waals surface area contributed by atoms with Crippen LogP contribution in [0.25, 0.3) is 0 Å². The van der Waals surface area contributed by atoms with E-state index < -0.39 is 35.6 Å². The van der Waals surface area contributed by atoms with Crippen LogP contribution in [0.3, 0.4) is 0 Å². The molecule has 0 aromatic carbocycles. The summed E-state index contributed by atoms with van der Waals surface area (Å²) in [4.78, 5) is 21.0. The molecule has 0 rings (SSSR count). The minimum Gasteiger partial charge on any atom is -0.428 e. The molecule has 6 nitrogen and oxygen atoms in total.